The van der Waals surface area contributed by atoms with E-state index in [9.17, 15) is 0 Å². The van der Waals surface area contributed by atoms with Crippen molar-refractivity contribution in [3.8, 4) is 5.75 Å². The first kappa shape index (κ1) is 25.2. The van der Waals surface area contributed by atoms with E-state index >= 15 is 0 Å². The summed E-state index contributed by atoms with van der Waals surface area (Å²) in [5.41, 5.74) is 4.37. The Morgan fingerprint density at radius 2 is 1.46 bits per heavy atom. The first-order valence-electron chi connectivity index (χ1n) is 10.8. The smallest absolute Gasteiger partial charge is 0.200 e. The van der Waals surface area contributed by atoms with E-state index in [-0.39, 0.29) is 5.92 Å². The fourth-order valence-electron chi connectivity index (χ4n) is 4.79. The lowest BCUT2D eigenvalue weighted by atomic mass is 9.95. The molecule has 0 spiro atoms. The second-order valence-electron chi connectivity index (χ2n) is 10.2. The van der Waals surface area contributed by atoms with Crippen LogP contribution in [0.1, 0.15) is 58.6 Å². The summed E-state index contributed by atoms with van der Waals surface area (Å²) in [6.07, 6.45) is 0. The molecule has 1 atom stereocenters. The molecule has 0 bridgehead atoms. The highest BCUT2D eigenvalue weighted by Gasteiger charge is 2.45. The Balaban J connectivity index is 3.37. The van der Waals surface area contributed by atoms with E-state index in [0.29, 0.717) is 16.6 Å². The molecule has 0 aliphatic heterocycles. The van der Waals surface area contributed by atoms with Gasteiger partial charge in [-0.15, -0.1) is 6.58 Å². The summed E-state index contributed by atoms with van der Waals surface area (Å²) >= 11 is 0. The zero-order valence-corrected chi connectivity index (χ0v) is 22.3. The van der Waals surface area contributed by atoms with Crippen molar-refractivity contribution in [2.75, 3.05) is 13.7 Å². The van der Waals surface area contributed by atoms with Crippen LogP contribution in [0.2, 0.25) is 36.3 Å². The molecule has 28 heavy (non-hydrogen) atoms. The molecule has 2 nitrogen and oxygen atoms in total. The molecule has 1 aromatic rings. The monoisotopic (exact) mass is 420 g/mol. The summed E-state index contributed by atoms with van der Waals surface area (Å²) < 4.78 is 12.5. The zero-order chi connectivity index (χ0) is 21.9. The molecule has 0 aliphatic carbocycles. The van der Waals surface area contributed by atoms with E-state index < -0.39 is 16.4 Å². The molecule has 0 N–H and O–H groups in total. The van der Waals surface area contributed by atoms with Crippen molar-refractivity contribution in [3.63, 3.8) is 0 Å². The summed E-state index contributed by atoms with van der Waals surface area (Å²) in [5, 5.41) is 1.37. The molecule has 0 aliphatic rings. The number of methoxy groups -OCH3 is 1. The third-order valence-corrected chi connectivity index (χ3v) is 14.8. The summed E-state index contributed by atoms with van der Waals surface area (Å²) in [4.78, 5) is 0. The minimum atomic E-state index is -1.91. The quantitative estimate of drug-likeness (QED) is 0.361. The van der Waals surface area contributed by atoms with Crippen molar-refractivity contribution in [2.45, 2.75) is 90.6 Å². The van der Waals surface area contributed by atoms with Gasteiger partial charge in [-0.1, -0.05) is 72.4 Å². The maximum Gasteiger partial charge on any atom is 0.200 e. The van der Waals surface area contributed by atoms with Gasteiger partial charge in [-0.05, 0) is 46.8 Å². The molecular weight excluding hydrogens is 376 g/mol. The van der Waals surface area contributed by atoms with Gasteiger partial charge >= 0.3 is 0 Å². The van der Waals surface area contributed by atoms with Gasteiger partial charge in [0.15, 0.2) is 8.32 Å². The van der Waals surface area contributed by atoms with E-state index in [1.165, 1.54) is 16.3 Å². The standard InChI is InChI=1S/C24H44O2Si2/c1-17(2)28(18(3)4,19(5)6)26-16-24(21(8)27(10,11)12)23-14-13-22(25-9)15-20(23)7/h13-15,17-19,24H,8,16H2,1-7,9-12H3/t24-/m0/s1. The molecule has 0 unspecified atom stereocenters. The number of rotatable bonds is 10. The maximum atomic E-state index is 7.03. The van der Waals surface area contributed by atoms with Crippen LogP contribution >= 0.6 is 0 Å². The van der Waals surface area contributed by atoms with Gasteiger partial charge in [0.2, 0.25) is 0 Å². The van der Waals surface area contributed by atoms with Gasteiger partial charge in [0.1, 0.15) is 5.75 Å². The number of aryl methyl sites for hydroxylation is 1. The summed E-state index contributed by atoms with van der Waals surface area (Å²) in [6.45, 7) is 28.8. The van der Waals surface area contributed by atoms with Crippen LogP contribution in [0.3, 0.4) is 0 Å². The molecule has 1 rings (SSSR count). The molecule has 0 amide bonds. The van der Waals surface area contributed by atoms with Crippen LogP contribution in [0.15, 0.2) is 30.0 Å². The number of ether oxygens (including phenoxy) is 1. The predicted octanol–water partition coefficient (Wildman–Crippen LogP) is 7.71. The van der Waals surface area contributed by atoms with Crippen LogP contribution in [0.5, 0.6) is 5.75 Å². The molecule has 0 aromatic heterocycles. The second kappa shape index (κ2) is 9.77. The fraction of sp³-hybridized carbons (Fsp3) is 0.667. The number of benzene rings is 1. The van der Waals surface area contributed by atoms with Crippen molar-refractivity contribution in [3.05, 3.63) is 41.1 Å². The van der Waals surface area contributed by atoms with Crippen LogP contribution in [0.25, 0.3) is 0 Å². The zero-order valence-electron chi connectivity index (χ0n) is 20.3. The van der Waals surface area contributed by atoms with E-state index in [2.05, 4.69) is 92.9 Å². The lowest BCUT2D eigenvalue weighted by molar-refractivity contribution is 0.266. The Bertz CT molecular complexity index is 635. The van der Waals surface area contributed by atoms with Crippen molar-refractivity contribution < 1.29 is 9.16 Å². The fourth-order valence-corrected chi connectivity index (χ4v) is 11.5. The lowest BCUT2D eigenvalue weighted by Crippen LogP contribution is -2.49. The van der Waals surface area contributed by atoms with E-state index in [1.807, 2.05) is 0 Å². The average molecular weight is 421 g/mol. The van der Waals surface area contributed by atoms with E-state index in [4.69, 9.17) is 9.16 Å². The molecule has 1 aromatic carbocycles. The minimum Gasteiger partial charge on any atom is -0.497 e. The Kier molecular flexibility index (Phi) is 8.79. The Morgan fingerprint density at radius 3 is 1.82 bits per heavy atom. The molecule has 160 valence electrons. The van der Waals surface area contributed by atoms with Gasteiger partial charge in [0, 0.05) is 12.5 Å². The minimum absolute atomic E-state index is 0.251. The molecule has 0 heterocycles. The second-order valence-corrected chi connectivity index (χ2v) is 20.8. The Hall–Kier alpha value is -0.846. The van der Waals surface area contributed by atoms with Crippen LogP contribution in [0, 0.1) is 6.92 Å². The highest BCUT2D eigenvalue weighted by atomic mass is 28.4. The largest absolute Gasteiger partial charge is 0.497 e. The highest BCUT2D eigenvalue weighted by molar-refractivity contribution is 6.83. The molecule has 0 radical (unpaired) electrons. The van der Waals surface area contributed by atoms with Gasteiger partial charge in [0.05, 0.1) is 15.2 Å². The normalized spacial score (nSPS) is 14.1. The highest BCUT2D eigenvalue weighted by Crippen LogP contribution is 2.44. The van der Waals surface area contributed by atoms with Crippen molar-refractivity contribution in [1.29, 1.82) is 0 Å². The summed E-state index contributed by atoms with van der Waals surface area (Å²) in [6, 6.07) is 6.43. The van der Waals surface area contributed by atoms with Crippen LogP contribution in [0.4, 0.5) is 0 Å². The first-order valence-corrected chi connectivity index (χ1v) is 16.4. The molecule has 0 saturated heterocycles. The van der Waals surface area contributed by atoms with Gasteiger partial charge in [-0.2, -0.15) is 0 Å². The van der Waals surface area contributed by atoms with Crippen molar-refractivity contribution >= 4 is 16.4 Å². The maximum absolute atomic E-state index is 7.03. The Labute approximate surface area is 176 Å². The number of hydrogen-bond acceptors (Lipinski definition) is 2. The topological polar surface area (TPSA) is 18.5 Å². The summed E-state index contributed by atoms with van der Waals surface area (Å²) in [7, 11) is -1.71. The third-order valence-electron chi connectivity index (χ3n) is 6.44. The Morgan fingerprint density at radius 1 is 0.964 bits per heavy atom. The van der Waals surface area contributed by atoms with Crippen LogP contribution in [-0.4, -0.2) is 30.1 Å². The molecular formula is C24H44O2Si2. The van der Waals surface area contributed by atoms with Crippen LogP contribution < -0.4 is 4.74 Å². The van der Waals surface area contributed by atoms with Gasteiger partial charge < -0.3 is 9.16 Å². The summed E-state index contributed by atoms with van der Waals surface area (Å²) in [5.74, 6) is 1.16. The predicted molar refractivity (Wildman–Crippen MR) is 130 cm³/mol. The SMILES string of the molecule is C=C([C@H](CO[Si](C(C)C)(C(C)C)C(C)C)c1ccc(OC)cc1C)[Si](C)(C)C. The van der Waals surface area contributed by atoms with Gasteiger partial charge in [-0.3, -0.25) is 0 Å². The molecule has 0 fully saturated rings. The van der Waals surface area contributed by atoms with Crippen LogP contribution in [-0.2, 0) is 4.43 Å². The molecule has 0 saturated carbocycles. The first-order chi connectivity index (χ1) is 12.8. The van der Waals surface area contributed by atoms with Crippen molar-refractivity contribution in [2.24, 2.45) is 0 Å². The third kappa shape index (κ3) is 5.40. The van der Waals surface area contributed by atoms with Crippen molar-refractivity contribution in [1.82, 2.24) is 0 Å². The van der Waals surface area contributed by atoms with Gasteiger partial charge in [0.25, 0.3) is 0 Å². The van der Waals surface area contributed by atoms with Gasteiger partial charge in [-0.25, -0.2) is 0 Å². The van der Waals surface area contributed by atoms with E-state index in [1.54, 1.807) is 7.11 Å². The lowest BCUT2D eigenvalue weighted by Gasteiger charge is -2.43. The van der Waals surface area contributed by atoms with E-state index in [0.717, 1.165) is 12.4 Å². The average Bonchev–Trinajstić information content (AvgIpc) is 2.57. The number of hydrogen-bond donors (Lipinski definition) is 0. The molecule has 4 heteroatoms.